The molecule has 228 valence electrons. The van der Waals surface area contributed by atoms with Crippen molar-refractivity contribution >= 4 is 67.0 Å². The molecule has 0 radical (unpaired) electrons. The van der Waals surface area contributed by atoms with Gasteiger partial charge in [-0.25, -0.2) is 4.68 Å². The van der Waals surface area contributed by atoms with Crippen molar-refractivity contribution in [2.24, 2.45) is 5.41 Å². The molecule has 0 fully saturated rings. The molecule has 0 saturated carbocycles. The first kappa shape index (κ1) is 31.2. The van der Waals surface area contributed by atoms with Crippen LogP contribution in [-0.4, -0.2) is 27.2 Å². The van der Waals surface area contributed by atoms with E-state index in [9.17, 15) is 4.79 Å². The molecule has 3 aromatic carbocycles. The topological polar surface area (TPSA) is 78.3 Å². The fourth-order valence-corrected chi connectivity index (χ4v) is 7.55. The minimum Gasteiger partial charge on any atom is -0.490 e. The molecular weight excluding hydrogens is 728 g/mol. The normalized spacial score (nSPS) is 17.1. The molecular formula is C33H31Br2ClN4O3S. The summed E-state index contributed by atoms with van der Waals surface area (Å²) >= 11 is 15.1. The number of Topliss-reactive ketones (excluding diaryl/α,β-unsaturated/α-hetero) is 1. The first-order chi connectivity index (χ1) is 21.1. The molecule has 1 aliphatic carbocycles. The molecule has 2 aliphatic rings. The van der Waals surface area contributed by atoms with E-state index in [2.05, 4.69) is 51.0 Å². The maximum Gasteiger partial charge on any atom is 0.227 e. The Hall–Kier alpha value is -2.79. The van der Waals surface area contributed by atoms with Gasteiger partial charge in [0.1, 0.15) is 12.6 Å². The quantitative estimate of drug-likeness (QED) is 0.171. The highest BCUT2D eigenvalue weighted by molar-refractivity contribution is 9.10. The van der Waals surface area contributed by atoms with Crippen molar-refractivity contribution in [2.45, 2.75) is 57.2 Å². The summed E-state index contributed by atoms with van der Waals surface area (Å²) in [4.78, 5) is 18.6. The van der Waals surface area contributed by atoms with Crippen molar-refractivity contribution in [3.05, 3.63) is 103 Å². The molecule has 44 heavy (non-hydrogen) atoms. The predicted octanol–water partition coefficient (Wildman–Crippen LogP) is 9.38. The second-order valence-corrected chi connectivity index (χ2v) is 14.7. The summed E-state index contributed by atoms with van der Waals surface area (Å²) in [6, 6.07) is 19.2. The summed E-state index contributed by atoms with van der Waals surface area (Å²) in [6.45, 7) is 7.01. The van der Waals surface area contributed by atoms with E-state index in [1.54, 1.807) is 0 Å². The van der Waals surface area contributed by atoms with Crippen molar-refractivity contribution in [3.8, 4) is 11.5 Å². The molecule has 2 heterocycles. The molecule has 1 aliphatic heterocycles. The molecule has 0 bridgehead atoms. The van der Waals surface area contributed by atoms with Gasteiger partial charge in [0.05, 0.1) is 11.1 Å². The summed E-state index contributed by atoms with van der Waals surface area (Å²) in [7, 11) is 0. The zero-order valence-electron chi connectivity index (χ0n) is 24.5. The van der Waals surface area contributed by atoms with Crippen molar-refractivity contribution in [1.82, 2.24) is 14.8 Å². The first-order valence-electron chi connectivity index (χ1n) is 14.3. The van der Waals surface area contributed by atoms with Crippen LogP contribution in [0.3, 0.4) is 0 Å². The number of ketones is 1. The Balaban J connectivity index is 1.38. The predicted molar refractivity (Wildman–Crippen MR) is 182 cm³/mol. The number of halogens is 3. The molecule has 4 aromatic rings. The van der Waals surface area contributed by atoms with Crippen LogP contribution in [0.1, 0.15) is 56.3 Å². The Bertz CT molecular complexity index is 1760. The van der Waals surface area contributed by atoms with Crippen molar-refractivity contribution in [2.75, 3.05) is 11.9 Å². The summed E-state index contributed by atoms with van der Waals surface area (Å²) in [5.41, 5.74) is 4.33. The lowest BCUT2D eigenvalue weighted by molar-refractivity contribution is -0.118. The van der Waals surface area contributed by atoms with E-state index in [1.807, 2.05) is 72.3 Å². The zero-order valence-corrected chi connectivity index (χ0v) is 29.2. The number of aromatic nitrogens is 3. The van der Waals surface area contributed by atoms with Crippen LogP contribution in [0, 0.1) is 5.41 Å². The van der Waals surface area contributed by atoms with Crippen LogP contribution in [-0.2, 0) is 17.2 Å². The maximum absolute atomic E-state index is 13.8. The van der Waals surface area contributed by atoms with Crippen molar-refractivity contribution < 1.29 is 14.3 Å². The Morgan fingerprint density at radius 3 is 2.61 bits per heavy atom. The van der Waals surface area contributed by atoms with Crippen LogP contribution in [0.15, 0.2) is 86.0 Å². The van der Waals surface area contributed by atoms with Gasteiger partial charge < -0.3 is 14.8 Å². The minimum atomic E-state index is -0.483. The number of nitrogens with zero attached hydrogens (tertiary/aromatic N) is 3. The summed E-state index contributed by atoms with van der Waals surface area (Å²) < 4.78 is 15.9. The van der Waals surface area contributed by atoms with Gasteiger partial charge in [-0.15, -0.1) is 5.10 Å². The number of fused-ring (bicyclic) bond motifs is 1. The van der Waals surface area contributed by atoms with E-state index in [0.29, 0.717) is 58.6 Å². The smallest absolute Gasteiger partial charge is 0.227 e. The number of anilines is 1. The lowest BCUT2D eigenvalue weighted by Gasteiger charge is -2.38. The van der Waals surface area contributed by atoms with Gasteiger partial charge in [0.15, 0.2) is 17.3 Å². The number of benzene rings is 3. The highest BCUT2D eigenvalue weighted by atomic mass is 79.9. The summed E-state index contributed by atoms with van der Waals surface area (Å²) in [5.74, 6) is 2.52. The van der Waals surface area contributed by atoms with Gasteiger partial charge in [0.25, 0.3) is 0 Å². The van der Waals surface area contributed by atoms with Crippen LogP contribution in [0.2, 0.25) is 5.02 Å². The number of nitrogens with one attached hydrogen (secondary N) is 1. The SMILES string of the molecule is CCOc1cc(C2C3=C(CC(C)(C)CC3=O)Nc3nc(SCc4ccccc4Cl)nn32)cc(Br)c1OCc1ccc(Br)cc1. The highest BCUT2D eigenvalue weighted by Crippen LogP contribution is 2.48. The van der Waals surface area contributed by atoms with Crippen LogP contribution >= 0.6 is 55.2 Å². The largest absolute Gasteiger partial charge is 0.490 e. The van der Waals surface area contributed by atoms with Gasteiger partial charge in [-0.3, -0.25) is 4.79 Å². The summed E-state index contributed by atoms with van der Waals surface area (Å²) in [5, 5.41) is 9.68. The van der Waals surface area contributed by atoms with Gasteiger partial charge >= 0.3 is 0 Å². The number of thioether (sulfide) groups is 1. The Morgan fingerprint density at radius 1 is 1.09 bits per heavy atom. The number of rotatable bonds is 9. The zero-order chi connectivity index (χ0) is 31.0. The van der Waals surface area contributed by atoms with Gasteiger partial charge in [0, 0.05) is 32.9 Å². The standard InChI is InChI=1S/C33H31Br2ClN4O3S/c1-4-42-27-14-21(13-23(35)30(27)43-17-19-9-11-22(34)12-10-19)29-28-25(15-33(2,3)16-26(28)41)37-31-38-32(39-40(29)31)44-18-20-7-5-6-8-24(20)36/h5-14,29H,4,15-18H2,1-3H3,(H,37,38,39). The van der Waals surface area contributed by atoms with Crippen molar-refractivity contribution in [1.29, 1.82) is 0 Å². The maximum atomic E-state index is 13.8. The molecule has 1 N–H and O–H groups in total. The third-order valence-corrected chi connectivity index (χ3v) is 9.94. The number of allylic oxidation sites excluding steroid dienone is 2. The fraction of sp³-hybridized carbons (Fsp3) is 0.303. The first-order valence-corrected chi connectivity index (χ1v) is 17.3. The van der Waals surface area contributed by atoms with E-state index in [0.717, 1.165) is 37.8 Å². The number of carbonyl (C=O) groups excluding carboxylic acids is 1. The Morgan fingerprint density at radius 2 is 1.86 bits per heavy atom. The molecule has 0 saturated heterocycles. The minimum absolute atomic E-state index is 0.102. The van der Waals surface area contributed by atoms with Gasteiger partial charge in [-0.2, -0.15) is 4.98 Å². The van der Waals surface area contributed by atoms with Gasteiger partial charge in [-0.05, 0) is 81.7 Å². The molecule has 0 spiro atoms. The molecule has 7 nitrogen and oxygen atoms in total. The number of hydrogen-bond acceptors (Lipinski definition) is 7. The Labute approximate surface area is 283 Å². The molecule has 1 atom stereocenters. The Kier molecular flexibility index (Phi) is 9.15. The van der Waals surface area contributed by atoms with Crippen molar-refractivity contribution in [3.63, 3.8) is 0 Å². The summed E-state index contributed by atoms with van der Waals surface area (Å²) in [6.07, 6.45) is 1.18. The average molecular weight is 759 g/mol. The molecule has 6 rings (SSSR count). The number of hydrogen-bond donors (Lipinski definition) is 1. The number of carbonyl (C=O) groups is 1. The highest BCUT2D eigenvalue weighted by Gasteiger charge is 2.42. The van der Waals surface area contributed by atoms with Crippen LogP contribution in [0.5, 0.6) is 11.5 Å². The average Bonchev–Trinajstić information content (AvgIpc) is 3.38. The molecule has 1 unspecified atom stereocenters. The number of ether oxygens (including phenoxy) is 2. The van der Waals surface area contributed by atoms with Gasteiger partial charge in [-0.1, -0.05) is 83.5 Å². The molecule has 0 amide bonds. The molecule has 11 heteroatoms. The van der Waals surface area contributed by atoms with E-state index in [-0.39, 0.29) is 11.2 Å². The second-order valence-electron chi connectivity index (χ2n) is 11.6. The van der Waals surface area contributed by atoms with Crippen LogP contribution in [0.25, 0.3) is 0 Å². The monoisotopic (exact) mass is 756 g/mol. The van der Waals surface area contributed by atoms with Gasteiger partial charge in [0.2, 0.25) is 11.1 Å². The van der Waals surface area contributed by atoms with E-state index >= 15 is 0 Å². The lowest BCUT2D eigenvalue weighted by atomic mass is 9.73. The third kappa shape index (κ3) is 6.59. The van der Waals surface area contributed by atoms with E-state index in [1.165, 1.54) is 11.8 Å². The molecule has 1 aromatic heterocycles. The van der Waals surface area contributed by atoms with Crippen LogP contribution in [0.4, 0.5) is 5.95 Å². The van der Waals surface area contributed by atoms with E-state index in [4.69, 9.17) is 31.2 Å². The fourth-order valence-electron chi connectivity index (χ4n) is 5.60. The second kappa shape index (κ2) is 12.9. The van der Waals surface area contributed by atoms with Crippen LogP contribution < -0.4 is 14.8 Å². The third-order valence-electron chi connectivity index (χ3n) is 7.57. The van der Waals surface area contributed by atoms with E-state index < -0.39 is 6.04 Å². The lowest BCUT2D eigenvalue weighted by Crippen LogP contribution is -2.36.